The lowest BCUT2D eigenvalue weighted by Gasteiger charge is -2.14. The van der Waals surface area contributed by atoms with Gasteiger partial charge < -0.3 is 14.6 Å². The minimum Gasteiger partial charge on any atom is -0.483 e. The van der Waals surface area contributed by atoms with Crippen LogP contribution in [-0.2, 0) is 11.8 Å². The van der Waals surface area contributed by atoms with Gasteiger partial charge in [0, 0.05) is 17.6 Å². The molecule has 0 saturated heterocycles. The van der Waals surface area contributed by atoms with E-state index in [1.807, 2.05) is 42.8 Å². The van der Waals surface area contributed by atoms with Crippen LogP contribution >= 0.6 is 27.7 Å². The topological polar surface area (TPSA) is 69.0 Å². The summed E-state index contributed by atoms with van der Waals surface area (Å²) in [5.74, 6) is 1.91. The summed E-state index contributed by atoms with van der Waals surface area (Å²) in [6, 6.07) is 8.02. The Hall–Kier alpha value is -1.54. The van der Waals surface area contributed by atoms with Gasteiger partial charge in [-0.15, -0.1) is 10.2 Å². The van der Waals surface area contributed by atoms with Crippen LogP contribution in [0.2, 0.25) is 0 Å². The van der Waals surface area contributed by atoms with Gasteiger partial charge in [0.1, 0.15) is 5.75 Å². The molecule has 1 heterocycles. The van der Waals surface area contributed by atoms with E-state index in [1.165, 1.54) is 24.6 Å². The van der Waals surface area contributed by atoms with Crippen molar-refractivity contribution in [1.29, 1.82) is 0 Å². The average molecular weight is 439 g/mol. The van der Waals surface area contributed by atoms with Crippen molar-refractivity contribution in [3.05, 3.63) is 34.6 Å². The number of amides is 1. The van der Waals surface area contributed by atoms with Crippen LogP contribution in [0.3, 0.4) is 0 Å². The summed E-state index contributed by atoms with van der Waals surface area (Å²) in [5, 5.41) is 12.2. The molecule has 0 aliphatic heterocycles. The molecule has 2 aromatic rings. The first-order valence-electron chi connectivity index (χ1n) is 8.76. The van der Waals surface area contributed by atoms with Gasteiger partial charge in [-0.05, 0) is 44.0 Å². The smallest absolute Gasteiger partial charge is 0.230 e. The van der Waals surface area contributed by atoms with Crippen LogP contribution in [0, 0.1) is 0 Å². The van der Waals surface area contributed by atoms with Crippen molar-refractivity contribution < 1.29 is 9.53 Å². The zero-order chi connectivity index (χ0) is 18.5. The molecule has 1 N–H and O–H groups in total. The fourth-order valence-corrected chi connectivity index (χ4v) is 4.04. The predicted octanol–water partition coefficient (Wildman–Crippen LogP) is 3.87. The Morgan fingerprint density at radius 3 is 2.73 bits per heavy atom. The van der Waals surface area contributed by atoms with Crippen LogP contribution in [-0.4, -0.2) is 32.5 Å². The van der Waals surface area contributed by atoms with E-state index in [0.717, 1.165) is 28.9 Å². The second-order valence-electron chi connectivity index (χ2n) is 6.45. The molecule has 140 valence electrons. The largest absolute Gasteiger partial charge is 0.483 e. The number of hydrogen-bond acceptors (Lipinski definition) is 5. The number of thioether (sulfide) groups is 1. The van der Waals surface area contributed by atoms with E-state index in [-0.39, 0.29) is 12.0 Å². The molecule has 1 amide bonds. The Kier molecular flexibility index (Phi) is 6.58. The Morgan fingerprint density at radius 1 is 1.35 bits per heavy atom. The van der Waals surface area contributed by atoms with Crippen molar-refractivity contribution in [2.45, 2.75) is 49.9 Å². The molecule has 0 bridgehead atoms. The number of nitrogens with one attached hydrogen (secondary N) is 1. The van der Waals surface area contributed by atoms with Gasteiger partial charge >= 0.3 is 0 Å². The van der Waals surface area contributed by atoms with Gasteiger partial charge in [-0.25, -0.2) is 0 Å². The third-order valence-electron chi connectivity index (χ3n) is 4.41. The Balaban J connectivity index is 1.54. The maximum Gasteiger partial charge on any atom is 0.230 e. The Bertz CT molecular complexity index is 744. The highest BCUT2D eigenvalue weighted by molar-refractivity contribution is 9.10. The number of hydrogen-bond donors (Lipinski definition) is 1. The average Bonchev–Trinajstić information content (AvgIpc) is 3.25. The normalized spacial score (nSPS) is 15.8. The third-order valence-corrected chi connectivity index (χ3v) is 5.96. The van der Waals surface area contributed by atoms with Crippen molar-refractivity contribution >= 4 is 33.6 Å². The molecule has 1 atom stereocenters. The van der Waals surface area contributed by atoms with Gasteiger partial charge in [-0.2, -0.15) is 0 Å². The van der Waals surface area contributed by atoms with E-state index in [9.17, 15) is 4.79 Å². The molecule has 1 fully saturated rings. The Morgan fingerprint density at radius 2 is 2.04 bits per heavy atom. The van der Waals surface area contributed by atoms with Crippen LogP contribution in [0.1, 0.15) is 44.5 Å². The molecule has 26 heavy (non-hydrogen) atoms. The minimum absolute atomic E-state index is 0.0608. The molecule has 6 nitrogen and oxygen atoms in total. The van der Waals surface area contributed by atoms with Gasteiger partial charge in [0.25, 0.3) is 0 Å². The van der Waals surface area contributed by atoms with Crippen LogP contribution in [0.4, 0.5) is 0 Å². The predicted molar refractivity (Wildman–Crippen MR) is 105 cm³/mol. The SMILES string of the molecule is CC(Oc1ccc(Br)cc1)c1nnc(SCC(=O)NC2CCCC2)n1C. The molecule has 8 heteroatoms. The van der Waals surface area contributed by atoms with Gasteiger partial charge in [0.15, 0.2) is 17.1 Å². The summed E-state index contributed by atoms with van der Waals surface area (Å²) >= 11 is 4.81. The van der Waals surface area contributed by atoms with Crippen molar-refractivity contribution in [1.82, 2.24) is 20.1 Å². The number of nitrogens with zero attached hydrogens (tertiary/aromatic N) is 3. The van der Waals surface area contributed by atoms with E-state index in [4.69, 9.17) is 4.74 Å². The molecule has 3 rings (SSSR count). The van der Waals surface area contributed by atoms with E-state index in [0.29, 0.717) is 17.0 Å². The standard InChI is InChI=1S/C18H23BrN4O2S/c1-12(25-15-9-7-13(19)8-10-15)17-21-22-18(23(17)2)26-11-16(24)20-14-5-3-4-6-14/h7-10,12,14H,3-6,11H2,1-2H3,(H,20,24). The second kappa shape index (κ2) is 8.90. The molecule has 1 saturated carbocycles. The monoisotopic (exact) mass is 438 g/mol. The lowest BCUT2D eigenvalue weighted by atomic mass is 10.2. The van der Waals surface area contributed by atoms with Gasteiger partial charge in [-0.3, -0.25) is 4.79 Å². The highest BCUT2D eigenvalue weighted by Gasteiger charge is 2.20. The summed E-state index contributed by atoms with van der Waals surface area (Å²) in [4.78, 5) is 12.1. The summed E-state index contributed by atoms with van der Waals surface area (Å²) in [7, 11) is 1.90. The number of benzene rings is 1. The summed E-state index contributed by atoms with van der Waals surface area (Å²) in [6.07, 6.45) is 4.36. The van der Waals surface area contributed by atoms with Gasteiger partial charge in [0.05, 0.1) is 5.75 Å². The molecule has 1 aliphatic carbocycles. The molecule has 1 aromatic heterocycles. The lowest BCUT2D eigenvalue weighted by molar-refractivity contribution is -0.119. The number of carbonyl (C=O) groups is 1. The maximum atomic E-state index is 12.1. The number of halogens is 1. The first kappa shape index (κ1) is 19.2. The molecular formula is C18H23BrN4O2S. The van der Waals surface area contributed by atoms with E-state index < -0.39 is 0 Å². The third kappa shape index (κ3) is 5.01. The molecule has 0 spiro atoms. The zero-order valence-electron chi connectivity index (χ0n) is 14.9. The first-order chi connectivity index (χ1) is 12.5. The van der Waals surface area contributed by atoms with Crippen molar-refractivity contribution in [2.24, 2.45) is 7.05 Å². The second-order valence-corrected chi connectivity index (χ2v) is 8.31. The van der Waals surface area contributed by atoms with Crippen LogP contribution in [0.15, 0.2) is 33.9 Å². The van der Waals surface area contributed by atoms with Crippen LogP contribution in [0.25, 0.3) is 0 Å². The van der Waals surface area contributed by atoms with E-state index in [1.54, 1.807) is 0 Å². The quantitative estimate of drug-likeness (QED) is 0.664. The highest BCUT2D eigenvalue weighted by Crippen LogP contribution is 2.25. The highest BCUT2D eigenvalue weighted by atomic mass is 79.9. The van der Waals surface area contributed by atoms with Gasteiger partial charge in [0.2, 0.25) is 5.91 Å². The van der Waals surface area contributed by atoms with Crippen molar-refractivity contribution in [2.75, 3.05) is 5.75 Å². The first-order valence-corrected chi connectivity index (χ1v) is 10.5. The van der Waals surface area contributed by atoms with Crippen molar-refractivity contribution in [3.63, 3.8) is 0 Å². The summed E-state index contributed by atoms with van der Waals surface area (Å²) in [5.41, 5.74) is 0. The van der Waals surface area contributed by atoms with E-state index in [2.05, 4.69) is 31.4 Å². The van der Waals surface area contributed by atoms with Crippen LogP contribution < -0.4 is 10.1 Å². The molecule has 1 aliphatic rings. The van der Waals surface area contributed by atoms with Crippen molar-refractivity contribution in [3.8, 4) is 5.75 Å². The number of carbonyl (C=O) groups excluding carboxylic acids is 1. The number of ether oxygens (including phenoxy) is 1. The molecule has 1 aromatic carbocycles. The Labute approximate surface area is 166 Å². The lowest BCUT2D eigenvalue weighted by Crippen LogP contribution is -2.33. The molecular weight excluding hydrogens is 416 g/mol. The number of rotatable bonds is 7. The van der Waals surface area contributed by atoms with E-state index >= 15 is 0 Å². The summed E-state index contributed by atoms with van der Waals surface area (Å²) < 4.78 is 8.82. The van der Waals surface area contributed by atoms with Crippen LogP contribution in [0.5, 0.6) is 5.75 Å². The molecule has 0 radical (unpaired) electrons. The minimum atomic E-state index is -0.240. The fourth-order valence-electron chi connectivity index (χ4n) is 3.05. The van der Waals surface area contributed by atoms with Gasteiger partial charge in [-0.1, -0.05) is 40.5 Å². The zero-order valence-corrected chi connectivity index (χ0v) is 17.3. The maximum absolute atomic E-state index is 12.1. The number of aromatic nitrogens is 3. The fraction of sp³-hybridized carbons (Fsp3) is 0.500. The summed E-state index contributed by atoms with van der Waals surface area (Å²) in [6.45, 7) is 1.94. The molecule has 1 unspecified atom stereocenters.